The van der Waals surface area contributed by atoms with Crippen molar-refractivity contribution < 1.29 is 9.15 Å². The SMILES string of the molecule is COc1cc(-c2nnc([C@H]3CCCN(C)[C@H]3C)o2)ccc1C. The van der Waals surface area contributed by atoms with E-state index in [0.717, 1.165) is 35.7 Å². The first-order chi connectivity index (χ1) is 10.6. The lowest BCUT2D eigenvalue weighted by molar-refractivity contribution is 0.158. The van der Waals surface area contributed by atoms with E-state index in [0.29, 0.717) is 17.9 Å². The molecule has 3 rings (SSSR count). The molecule has 1 fully saturated rings. The fourth-order valence-corrected chi connectivity index (χ4v) is 3.10. The minimum atomic E-state index is 0.312. The predicted molar refractivity (Wildman–Crippen MR) is 85.1 cm³/mol. The van der Waals surface area contributed by atoms with Gasteiger partial charge in [-0.3, -0.25) is 0 Å². The van der Waals surface area contributed by atoms with Gasteiger partial charge in [0.25, 0.3) is 0 Å². The van der Waals surface area contributed by atoms with E-state index in [1.807, 2.05) is 25.1 Å². The van der Waals surface area contributed by atoms with E-state index in [-0.39, 0.29) is 0 Å². The third-order valence-corrected chi connectivity index (χ3v) is 4.72. The molecule has 0 bridgehead atoms. The molecule has 0 spiro atoms. The number of piperidine rings is 1. The number of methoxy groups -OCH3 is 1. The van der Waals surface area contributed by atoms with E-state index in [1.54, 1.807) is 7.11 Å². The van der Waals surface area contributed by atoms with Gasteiger partial charge in [-0.2, -0.15) is 0 Å². The number of aromatic nitrogens is 2. The Kier molecular flexibility index (Phi) is 4.16. The van der Waals surface area contributed by atoms with Crippen LogP contribution in [0.25, 0.3) is 11.5 Å². The van der Waals surface area contributed by atoms with E-state index in [9.17, 15) is 0 Å². The highest BCUT2D eigenvalue weighted by atomic mass is 16.5. The van der Waals surface area contributed by atoms with Crippen LogP contribution in [0.2, 0.25) is 0 Å². The zero-order valence-corrected chi connectivity index (χ0v) is 13.7. The zero-order valence-electron chi connectivity index (χ0n) is 13.7. The fourth-order valence-electron chi connectivity index (χ4n) is 3.10. The second-order valence-electron chi connectivity index (χ2n) is 6.10. The number of hydrogen-bond donors (Lipinski definition) is 0. The monoisotopic (exact) mass is 301 g/mol. The van der Waals surface area contributed by atoms with Gasteiger partial charge in [0.1, 0.15) is 5.75 Å². The molecule has 1 aliphatic heterocycles. The summed E-state index contributed by atoms with van der Waals surface area (Å²) < 4.78 is 11.3. The van der Waals surface area contributed by atoms with Gasteiger partial charge >= 0.3 is 0 Å². The average Bonchev–Trinajstić information content (AvgIpc) is 3.00. The maximum absolute atomic E-state index is 5.96. The molecule has 118 valence electrons. The van der Waals surface area contributed by atoms with Crippen molar-refractivity contribution in [3.05, 3.63) is 29.7 Å². The van der Waals surface area contributed by atoms with Crippen molar-refractivity contribution in [2.75, 3.05) is 20.7 Å². The lowest BCUT2D eigenvalue weighted by Gasteiger charge is -2.34. The minimum absolute atomic E-state index is 0.312. The van der Waals surface area contributed by atoms with Gasteiger partial charge in [0.2, 0.25) is 11.8 Å². The second kappa shape index (κ2) is 6.08. The van der Waals surface area contributed by atoms with Crippen LogP contribution in [0.4, 0.5) is 0 Å². The van der Waals surface area contributed by atoms with E-state index >= 15 is 0 Å². The van der Waals surface area contributed by atoms with Crippen LogP contribution in [0.1, 0.15) is 37.1 Å². The largest absolute Gasteiger partial charge is 0.496 e. The first kappa shape index (κ1) is 15.0. The topological polar surface area (TPSA) is 51.4 Å². The molecule has 5 heteroatoms. The summed E-state index contributed by atoms with van der Waals surface area (Å²) in [6, 6.07) is 6.37. The standard InChI is InChI=1S/C17H23N3O2/c1-11-7-8-13(10-15(11)21-4)16-18-19-17(22-16)14-6-5-9-20(3)12(14)2/h7-8,10,12,14H,5-6,9H2,1-4H3/t12-,14-/m0/s1. The normalized spacial score (nSPS) is 22.7. The van der Waals surface area contributed by atoms with Crippen LogP contribution >= 0.6 is 0 Å². The van der Waals surface area contributed by atoms with Crippen LogP contribution in [0.15, 0.2) is 22.6 Å². The highest BCUT2D eigenvalue weighted by Crippen LogP contribution is 2.33. The van der Waals surface area contributed by atoms with Gasteiger partial charge in [0.15, 0.2) is 0 Å². The lowest BCUT2D eigenvalue weighted by Crippen LogP contribution is -2.39. The van der Waals surface area contributed by atoms with Gasteiger partial charge in [0, 0.05) is 11.6 Å². The fraction of sp³-hybridized carbons (Fsp3) is 0.529. The molecule has 1 saturated heterocycles. The van der Waals surface area contributed by atoms with Gasteiger partial charge in [-0.1, -0.05) is 6.07 Å². The summed E-state index contributed by atoms with van der Waals surface area (Å²) in [6.07, 6.45) is 2.27. The maximum atomic E-state index is 5.96. The van der Waals surface area contributed by atoms with E-state index in [4.69, 9.17) is 9.15 Å². The molecule has 2 aromatic rings. The Balaban J connectivity index is 1.87. The molecule has 22 heavy (non-hydrogen) atoms. The van der Waals surface area contributed by atoms with Crippen molar-refractivity contribution in [2.24, 2.45) is 0 Å². The number of ether oxygens (including phenoxy) is 1. The first-order valence-corrected chi connectivity index (χ1v) is 7.79. The molecular weight excluding hydrogens is 278 g/mol. The Hall–Kier alpha value is -1.88. The van der Waals surface area contributed by atoms with Gasteiger partial charge < -0.3 is 14.1 Å². The summed E-state index contributed by atoms with van der Waals surface area (Å²) >= 11 is 0. The summed E-state index contributed by atoms with van der Waals surface area (Å²) in [5.41, 5.74) is 1.99. The Morgan fingerprint density at radius 2 is 2.14 bits per heavy atom. The molecule has 0 N–H and O–H groups in total. The number of likely N-dealkylation sites (tertiary alicyclic amines) is 1. The van der Waals surface area contributed by atoms with Crippen molar-refractivity contribution >= 4 is 0 Å². The number of benzene rings is 1. The number of likely N-dealkylation sites (N-methyl/N-ethyl adjacent to an activating group) is 1. The smallest absolute Gasteiger partial charge is 0.247 e. The summed E-state index contributed by atoms with van der Waals surface area (Å²) in [4.78, 5) is 2.35. The van der Waals surface area contributed by atoms with Crippen LogP contribution in [0, 0.1) is 6.92 Å². The van der Waals surface area contributed by atoms with Crippen molar-refractivity contribution in [2.45, 2.75) is 38.6 Å². The number of hydrogen-bond acceptors (Lipinski definition) is 5. The average molecular weight is 301 g/mol. The minimum Gasteiger partial charge on any atom is -0.496 e. The third kappa shape index (κ3) is 2.73. The molecule has 0 radical (unpaired) electrons. The molecular formula is C17H23N3O2. The quantitative estimate of drug-likeness (QED) is 0.871. The van der Waals surface area contributed by atoms with Gasteiger partial charge in [-0.25, -0.2) is 0 Å². The summed E-state index contributed by atoms with van der Waals surface area (Å²) in [7, 11) is 3.82. The van der Waals surface area contributed by atoms with E-state index in [1.165, 1.54) is 6.42 Å². The Labute approximate surface area is 131 Å². The van der Waals surface area contributed by atoms with Crippen molar-refractivity contribution in [3.8, 4) is 17.2 Å². The summed E-state index contributed by atoms with van der Waals surface area (Å²) in [5.74, 6) is 2.46. The molecule has 1 aromatic heterocycles. The van der Waals surface area contributed by atoms with Crippen LogP contribution in [0.3, 0.4) is 0 Å². The van der Waals surface area contributed by atoms with Crippen molar-refractivity contribution in [1.82, 2.24) is 15.1 Å². The highest BCUT2D eigenvalue weighted by molar-refractivity contribution is 5.57. The number of nitrogens with zero attached hydrogens (tertiary/aromatic N) is 3. The maximum Gasteiger partial charge on any atom is 0.247 e. The Bertz CT molecular complexity index is 653. The van der Waals surface area contributed by atoms with Crippen LogP contribution in [-0.4, -0.2) is 41.8 Å². The molecule has 2 heterocycles. The van der Waals surface area contributed by atoms with Crippen LogP contribution < -0.4 is 4.74 Å². The van der Waals surface area contributed by atoms with Gasteiger partial charge in [-0.15, -0.1) is 10.2 Å². The van der Waals surface area contributed by atoms with E-state index in [2.05, 4.69) is 29.1 Å². The summed E-state index contributed by atoms with van der Waals surface area (Å²) in [6.45, 7) is 5.37. The predicted octanol–water partition coefficient (Wildman–Crippen LogP) is 3.25. The lowest BCUT2D eigenvalue weighted by atomic mass is 9.90. The zero-order chi connectivity index (χ0) is 15.7. The highest BCUT2D eigenvalue weighted by Gasteiger charge is 2.31. The van der Waals surface area contributed by atoms with Crippen LogP contribution in [0.5, 0.6) is 5.75 Å². The molecule has 1 aliphatic rings. The third-order valence-electron chi connectivity index (χ3n) is 4.72. The Morgan fingerprint density at radius 3 is 2.91 bits per heavy atom. The summed E-state index contributed by atoms with van der Waals surface area (Å²) in [5, 5.41) is 8.53. The number of aryl methyl sites for hydroxylation is 1. The molecule has 0 amide bonds. The molecule has 0 saturated carbocycles. The molecule has 2 atom stereocenters. The molecule has 1 aromatic carbocycles. The molecule has 0 aliphatic carbocycles. The molecule has 0 unspecified atom stereocenters. The van der Waals surface area contributed by atoms with Crippen LogP contribution in [-0.2, 0) is 0 Å². The molecule has 5 nitrogen and oxygen atoms in total. The van der Waals surface area contributed by atoms with Crippen molar-refractivity contribution in [3.63, 3.8) is 0 Å². The van der Waals surface area contributed by atoms with Gasteiger partial charge in [-0.05, 0) is 58.0 Å². The Morgan fingerprint density at radius 1 is 1.32 bits per heavy atom. The second-order valence-corrected chi connectivity index (χ2v) is 6.10. The van der Waals surface area contributed by atoms with E-state index < -0.39 is 0 Å². The van der Waals surface area contributed by atoms with Crippen molar-refractivity contribution in [1.29, 1.82) is 0 Å². The number of rotatable bonds is 3. The first-order valence-electron chi connectivity index (χ1n) is 7.79. The van der Waals surface area contributed by atoms with Gasteiger partial charge in [0.05, 0.1) is 13.0 Å².